The summed E-state index contributed by atoms with van der Waals surface area (Å²) in [5.74, 6) is -0.324. The Bertz CT molecular complexity index is 1150. The normalized spacial score (nSPS) is 20.7. The lowest BCUT2D eigenvalue weighted by molar-refractivity contribution is -0.179. The minimum absolute atomic E-state index is 0.0240. The Balaban J connectivity index is 1.81. The number of carbonyl (C=O) groups excluding carboxylic acids is 1. The summed E-state index contributed by atoms with van der Waals surface area (Å²) >= 11 is 12.5. The summed E-state index contributed by atoms with van der Waals surface area (Å²) in [5.41, 5.74) is 2.80. The van der Waals surface area contributed by atoms with Crippen molar-refractivity contribution in [2.45, 2.75) is 76.7 Å². The second-order valence-corrected chi connectivity index (χ2v) is 10.6. The molecule has 196 valence electrons. The van der Waals surface area contributed by atoms with Crippen LogP contribution in [0.1, 0.15) is 74.8 Å². The third-order valence-electron chi connectivity index (χ3n) is 7.08. The van der Waals surface area contributed by atoms with Gasteiger partial charge in [-0.05, 0) is 65.9 Å². The largest absolute Gasteiger partial charge is 0.358 e. The van der Waals surface area contributed by atoms with E-state index >= 15 is 0 Å². The molecular weight excluding hydrogens is 508 g/mol. The van der Waals surface area contributed by atoms with E-state index in [4.69, 9.17) is 27.9 Å². The standard InChI is InChI=1S/C31H34Cl2FNO2/c1-3-5-7-27(6-4-2)35-29(22-10-14-24(32)15-11-22)30(23-12-16-25(33)17-13-23)37-28(31(35)36)20-21-8-18-26(34)19-9-21/h8-19,27-30H,3-7,20H2,1-2H3/t27-,28+,29-,30+/m1/s1. The van der Waals surface area contributed by atoms with Crippen LogP contribution in [0, 0.1) is 5.82 Å². The number of carbonyl (C=O) groups is 1. The van der Waals surface area contributed by atoms with Gasteiger partial charge in [-0.25, -0.2) is 4.39 Å². The average molecular weight is 543 g/mol. The van der Waals surface area contributed by atoms with Crippen molar-refractivity contribution in [3.8, 4) is 0 Å². The summed E-state index contributed by atoms with van der Waals surface area (Å²) in [6.07, 6.45) is 4.20. The third-order valence-corrected chi connectivity index (χ3v) is 7.58. The minimum Gasteiger partial charge on any atom is -0.358 e. The molecule has 3 aromatic rings. The number of unbranched alkanes of at least 4 members (excludes halogenated alkanes) is 1. The molecule has 3 nitrogen and oxygen atoms in total. The lowest BCUT2D eigenvalue weighted by Crippen LogP contribution is -2.55. The predicted molar refractivity (Wildman–Crippen MR) is 148 cm³/mol. The zero-order valence-electron chi connectivity index (χ0n) is 21.4. The van der Waals surface area contributed by atoms with Gasteiger partial charge in [-0.1, -0.05) is 92.7 Å². The van der Waals surface area contributed by atoms with Gasteiger partial charge in [-0.3, -0.25) is 4.79 Å². The van der Waals surface area contributed by atoms with Crippen molar-refractivity contribution >= 4 is 29.1 Å². The maximum Gasteiger partial charge on any atom is 0.252 e. The first-order valence-electron chi connectivity index (χ1n) is 13.1. The molecule has 1 fully saturated rings. The van der Waals surface area contributed by atoms with Crippen LogP contribution in [0.25, 0.3) is 0 Å². The smallest absolute Gasteiger partial charge is 0.252 e. The molecule has 0 aliphatic carbocycles. The van der Waals surface area contributed by atoms with Crippen LogP contribution >= 0.6 is 23.2 Å². The van der Waals surface area contributed by atoms with E-state index in [0.29, 0.717) is 16.5 Å². The van der Waals surface area contributed by atoms with Crippen LogP contribution in [-0.2, 0) is 16.0 Å². The molecule has 0 spiro atoms. The molecule has 0 saturated carbocycles. The highest BCUT2D eigenvalue weighted by Crippen LogP contribution is 2.45. The van der Waals surface area contributed by atoms with Crippen molar-refractivity contribution in [3.63, 3.8) is 0 Å². The van der Waals surface area contributed by atoms with Gasteiger partial charge in [0.25, 0.3) is 5.91 Å². The molecule has 6 heteroatoms. The van der Waals surface area contributed by atoms with Crippen molar-refractivity contribution < 1.29 is 13.9 Å². The van der Waals surface area contributed by atoms with E-state index in [1.165, 1.54) is 12.1 Å². The highest BCUT2D eigenvalue weighted by Gasteiger charge is 2.46. The average Bonchev–Trinajstić information content (AvgIpc) is 2.90. The fourth-order valence-corrected chi connectivity index (χ4v) is 5.49. The lowest BCUT2D eigenvalue weighted by Gasteiger charge is -2.48. The molecule has 4 rings (SSSR count). The monoisotopic (exact) mass is 541 g/mol. The van der Waals surface area contributed by atoms with Crippen LogP contribution in [0.15, 0.2) is 72.8 Å². The van der Waals surface area contributed by atoms with Crippen LogP contribution in [0.3, 0.4) is 0 Å². The van der Waals surface area contributed by atoms with Crippen LogP contribution in [0.2, 0.25) is 10.0 Å². The maximum absolute atomic E-state index is 14.2. The molecular formula is C31H34Cl2FNO2. The van der Waals surface area contributed by atoms with Crippen LogP contribution in [0.4, 0.5) is 4.39 Å². The summed E-state index contributed by atoms with van der Waals surface area (Å²) in [4.78, 5) is 16.3. The molecule has 37 heavy (non-hydrogen) atoms. The maximum atomic E-state index is 14.2. The topological polar surface area (TPSA) is 29.5 Å². The predicted octanol–water partition coefficient (Wildman–Crippen LogP) is 8.74. The highest BCUT2D eigenvalue weighted by atomic mass is 35.5. The van der Waals surface area contributed by atoms with E-state index in [1.54, 1.807) is 12.1 Å². The Morgan fingerprint density at radius 1 is 0.838 bits per heavy atom. The second kappa shape index (κ2) is 12.9. The molecule has 1 aliphatic heterocycles. The van der Waals surface area contributed by atoms with Crippen LogP contribution < -0.4 is 0 Å². The van der Waals surface area contributed by atoms with Gasteiger partial charge in [-0.2, -0.15) is 0 Å². The number of ether oxygens (including phenoxy) is 1. The van der Waals surface area contributed by atoms with Gasteiger partial charge in [-0.15, -0.1) is 0 Å². The number of benzene rings is 3. The van der Waals surface area contributed by atoms with Gasteiger partial charge in [0.2, 0.25) is 0 Å². The summed E-state index contributed by atoms with van der Waals surface area (Å²) in [7, 11) is 0. The van der Waals surface area contributed by atoms with Gasteiger partial charge in [0, 0.05) is 22.5 Å². The van der Waals surface area contributed by atoms with Gasteiger partial charge < -0.3 is 9.64 Å². The van der Waals surface area contributed by atoms with Crippen molar-refractivity contribution in [2.75, 3.05) is 0 Å². The fourth-order valence-electron chi connectivity index (χ4n) is 5.24. The van der Waals surface area contributed by atoms with E-state index in [2.05, 4.69) is 18.7 Å². The highest BCUT2D eigenvalue weighted by molar-refractivity contribution is 6.30. The summed E-state index contributed by atoms with van der Waals surface area (Å²) < 4.78 is 20.2. The Morgan fingerprint density at radius 3 is 2.00 bits per heavy atom. The van der Waals surface area contributed by atoms with E-state index < -0.39 is 12.2 Å². The number of hydrogen-bond acceptors (Lipinski definition) is 2. The Labute approximate surface area is 229 Å². The van der Waals surface area contributed by atoms with Crippen molar-refractivity contribution in [3.05, 3.63) is 105 Å². The van der Waals surface area contributed by atoms with E-state index in [9.17, 15) is 9.18 Å². The molecule has 1 amide bonds. The fraction of sp³-hybridized carbons (Fsp3) is 0.387. The van der Waals surface area contributed by atoms with E-state index in [-0.39, 0.29) is 23.8 Å². The number of nitrogens with zero attached hydrogens (tertiary/aromatic N) is 1. The zero-order valence-corrected chi connectivity index (χ0v) is 22.9. The molecule has 1 aliphatic rings. The molecule has 4 atom stereocenters. The molecule has 0 N–H and O–H groups in total. The SMILES string of the molecule is CCCC[C@@H](CCC)N1C(=O)[C@H](Cc2ccc(F)cc2)O[C@@H](c2ccc(Cl)cc2)[C@H]1c1ccc(Cl)cc1. The molecule has 1 saturated heterocycles. The second-order valence-electron chi connectivity index (χ2n) is 9.75. The Kier molecular flexibility index (Phi) is 9.64. The van der Waals surface area contributed by atoms with Crippen molar-refractivity contribution in [2.24, 2.45) is 0 Å². The van der Waals surface area contributed by atoms with Gasteiger partial charge in [0.15, 0.2) is 0 Å². The first kappa shape index (κ1) is 27.6. The van der Waals surface area contributed by atoms with Gasteiger partial charge in [0.1, 0.15) is 18.0 Å². The number of halogens is 3. The Morgan fingerprint density at radius 2 is 1.43 bits per heavy atom. The summed E-state index contributed by atoms with van der Waals surface area (Å²) in [5, 5.41) is 1.29. The first-order chi connectivity index (χ1) is 17.9. The molecule has 0 unspecified atom stereocenters. The lowest BCUT2D eigenvalue weighted by atomic mass is 9.88. The Hall–Kier alpha value is -2.40. The first-order valence-corrected chi connectivity index (χ1v) is 13.9. The molecule has 0 radical (unpaired) electrons. The molecule has 0 aromatic heterocycles. The van der Waals surface area contributed by atoms with Crippen molar-refractivity contribution in [1.82, 2.24) is 4.90 Å². The number of morpholine rings is 1. The van der Waals surface area contributed by atoms with E-state index in [1.807, 2.05) is 48.5 Å². The quantitative estimate of drug-likeness (QED) is 0.256. The number of hydrogen-bond donors (Lipinski definition) is 0. The minimum atomic E-state index is -0.685. The molecule has 0 bridgehead atoms. The van der Waals surface area contributed by atoms with Crippen LogP contribution in [-0.4, -0.2) is 23.0 Å². The zero-order chi connectivity index (χ0) is 26.4. The third kappa shape index (κ3) is 6.73. The number of rotatable bonds is 10. The number of amides is 1. The van der Waals surface area contributed by atoms with Gasteiger partial charge >= 0.3 is 0 Å². The molecule has 1 heterocycles. The van der Waals surface area contributed by atoms with Gasteiger partial charge in [0.05, 0.1) is 6.04 Å². The summed E-state index contributed by atoms with van der Waals surface area (Å²) in [6, 6.07) is 21.4. The van der Waals surface area contributed by atoms with E-state index in [0.717, 1.165) is 48.8 Å². The summed E-state index contributed by atoms with van der Waals surface area (Å²) in [6.45, 7) is 4.34. The van der Waals surface area contributed by atoms with Crippen LogP contribution in [0.5, 0.6) is 0 Å². The van der Waals surface area contributed by atoms with Crippen molar-refractivity contribution in [1.29, 1.82) is 0 Å². The molecule has 3 aromatic carbocycles.